The van der Waals surface area contributed by atoms with E-state index in [1.165, 1.54) is 4.31 Å². The Morgan fingerprint density at radius 2 is 1.70 bits per heavy atom. The van der Waals surface area contributed by atoms with Crippen molar-refractivity contribution in [3.8, 4) is 0 Å². The summed E-state index contributed by atoms with van der Waals surface area (Å²) >= 11 is 0. The topological polar surface area (TPSA) is 73.5 Å². The van der Waals surface area contributed by atoms with Crippen LogP contribution in [0.25, 0.3) is 10.9 Å². The van der Waals surface area contributed by atoms with E-state index in [1.807, 2.05) is 36.4 Å². The number of carbonyl (C=O) groups is 1. The van der Waals surface area contributed by atoms with Gasteiger partial charge in [0.2, 0.25) is 10.0 Å². The van der Waals surface area contributed by atoms with Gasteiger partial charge in [-0.2, -0.15) is 4.31 Å². The van der Waals surface area contributed by atoms with Crippen molar-refractivity contribution in [3.05, 3.63) is 65.9 Å². The monoisotopic (exact) mass is 425 g/mol. The molecule has 0 unspecified atom stereocenters. The second-order valence-electron chi connectivity index (χ2n) is 7.82. The standard InChI is InChI=1S/C23H27N3O3S/c1-3-17(2)18-8-10-19(11-9-18)30(28,29)26-14-12-25(13-15-26)23(27)21-16-24-22-7-5-4-6-20(21)22/h4-11,16-17,24H,3,12-15H2,1-2H3/t17-/m0/s1. The molecule has 0 spiro atoms. The number of sulfonamides is 1. The van der Waals surface area contributed by atoms with Crippen LogP contribution < -0.4 is 0 Å². The summed E-state index contributed by atoms with van der Waals surface area (Å²) in [6.45, 7) is 5.60. The van der Waals surface area contributed by atoms with Crippen LogP contribution in [-0.2, 0) is 10.0 Å². The number of nitrogens with zero attached hydrogens (tertiary/aromatic N) is 2. The van der Waals surface area contributed by atoms with Crippen LogP contribution in [0, 0.1) is 0 Å². The molecule has 1 aromatic heterocycles. The van der Waals surface area contributed by atoms with Crippen molar-refractivity contribution in [2.45, 2.75) is 31.1 Å². The molecule has 1 aliphatic heterocycles. The lowest BCUT2D eigenvalue weighted by Gasteiger charge is -2.34. The second-order valence-corrected chi connectivity index (χ2v) is 9.76. The minimum atomic E-state index is -3.56. The molecule has 1 N–H and O–H groups in total. The van der Waals surface area contributed by atoms with Gasteiger partial charge in [-0.1, -0.05) is 44.2 Å². The Labute approximate surface area is 177 Å². The number of nitrogens with one attached hydrogen (secondary N) is 1. The predicted molar refractivity (Wildman–Crippen MR) is 118 cm³/mol. The highest BCUT2D eigenvalue weighted by Gasteiger charge is 2.31. The summed E-state index contributed by atoms with van der Waals surface area (Å²) in [4.78, 5) is 18.1. The van der Waals surface area contributed by atoms with Crippen LogP contribution in [-0.4, -0.2) is 54.7 Å². The van der Waals surface area contributed by atoms with Gasteiger partial charge in [-0.25, -0.2) is 8.42 Å². The van der Waals surface area contributed by atoms with E-state index in [1.54, 1.807) is 23.2 Å². The molecule has 2 heterocycles. The zero-order valence-electron chi connectivity index (χ0n) is 17.3. The van der Waals surface area contributed by atoms with Crippen molar-refractivity contribution < 1.29 is 13.2 Å². The van der Waals surface area contributed by atoms with Crippen LogP contribution in [0.4, 0.5) is 0 Å². The van der Waals surface area contributed by atoms with Crippen LogP contribution in [0.1, 0.15) is 42.1 Å². The maximum Gasteiger partial charge on any atom is 0.256 e. The van der Waals surface area contributed by atoms with E-state index in [2.05, 4.69) is 18.8 Å². The summed E-state index contributed by atoms with van der Waals surface area (Å²) in [7, 11) is -3.56. The summed E-state index contributed by atoms with van der Waals surface area (Å²) in [5.74, 6) is 0.336. The third kappa shape index (κ3) is 3.75. The summed E-state index contributed by atoms with van der Waals surface area (Å²) in [5.41, 5.74) is 2.69. The number of hydrogen-bond donors (Lipinski definition) is 1. The van der Waals surface area contributed by atoms with Gasteiger partial charge in [-0.15, -0.1) is 0 Å². The molecule has 0 aliphatic carbocycles. The number of hydrogen-bond acceptors (Lipinski definition) is 3. The van der Waals surface area contributed by atoms with Crippen molar-refractivity contribution in [1.29, 1.82) is 0 Å². The molecule has 1 fully saturated rings. The summed E-state index contributed by atoms with van der Waals surface area (Å²) in [5, 5.41) is 0.888. The number of aromatic amines is 1. The molecule has 30 heavy (non-hydrogen) atoms. The highest BCUT2D eigenvalue weighted by atomic mass is 32.2. The first-order valence-corrected chi connectivity index (χ1v) is 11.8. The predicted octanol–water partition coefficient (Wildman–Crippen LogP) is 3.83. The molecule has 1 atom stereocenters. The van der Waals surface area contributed by atoms with Crippen LogP contribution in [0.15, 0.2) is 59.6 Å². The molecule has 158 valence electrons. The second kappa shape index (κ2) is 8.24. The smallest absolute Gasteiger partial charge is 0.256 e. The maximum atomic E-state index is 13.0. The van der Waals surface area contributed by atoms with E-state index < -0.39 is 10.0 Å². The average Bonchev–Trinajstić information content (AvgIpc) is 3.22. The van der Waals surface area contributed by atoms with E-state index in [4.69, 9.17) is 0 Å². The lowest BCUT2D eigenvalue weighted by Crippen LogP contribution is -2.50. The maximum absolute atomic E-state index is 13.0. The molecule has 6 nitrogen and oxygen atoms in total. The summed E-state index contributed by atoms with van der Waals surface area (Å²) < 4.78 is 27.5. The van der Waals surface area contributed by atoms with Crippen molar-refractivity contribution in [2.24, 2.45) is 0 Å². The molecule has 4 rings (SSSR count). The Kier molecular flexibility index (Phi) is 5.66. The van der Waals surface area contributed by atoms with Gasteiger partial charge >= 0.3 is 0 Å². The minimum absolute atomic E-state index is 0.0672. The van der Waals surface area contributed by atoms with Gasteiger partial charge in [0, 0.05) is 43.3 Å². The number of amides is 1. The van der Waals surface area contributed by atoms with Gasteiger partial charge in [0.15, 0.2) is 0 Å². The van der Waals surface area contributed by atoms with Crippen molar-refractivity contribution in [2.75, 3.05) is 26.2 Å². The zero-order chi connectivity index (χ0) is 21.3. The van der Waals surface area contributed by atoms with E-state index in [0.29, 0.717) is 42.6 Å². The number of carbonyl (C=O) groups excluding carboxylic acids is 1. The minimum Gasteiger partial charge on any atom is -0.360 e. The van der Waals surface area contributed by atoms with Crippen LogP contribution in [0.3, 0.4) is 0 Å². The molecule has 0 bridgehead atoms. The first-order chi connectivity index (χ1) is 14.4. The number of para-hydroxylation sites is 1. The van der Waals surface area contributed by atoms with E-state index >= 15 is 0 Å². The first kappa shape index (κ1) is 20.6. The molecule has 7 heteroatoms. The third-order valence-electron chi connectivity index (χ3n) is 6.04. The molecular weight excluding hydrogens is 398 g/mol. The van der Waals surface area contributed by atoms with E-state index in [-0.39, 0.29) is 5.91 Å². The molecule has 1 amide bonds. The number of piperazine rings is 1. The van der Waals surface area contributed by atoms with Gasteiger partial charge in [0.05, 0.1) is 10.5 Å². The molecular formula is C23H27N3O3S. The average molecular weight is 426 g/mol. The number of benzene rings is 2. The normalized spacial score (nSPS) is 16.7. The lowest BCUT2D eigenvalue weighted by atomic mass is 9.99. The molecule has 2 aromatic carbocycles. The van der Waals surface area contributed by atoms with Crippen LogP contribution >= 0.6 is 0 Å². The Morgan fingerprint density at radius 1 is 1.03 bits per heavy atom. The van der Waals surface area contributed by atoms with Crippen molar-refractivity contribution in [3.63, 3.8) is 0 Å². The van der Waals surface area contributed by atoms with Gasteiger partial charge in [-0.3, -0.25) is 4.79 Å². The fraction of sp³-hybridized carbons (Fsp3) is 0.348. The SMILES string of the molecule is CC[C@H](C)c1ccc(S(=O)(=O)N2CCN(C(=O)c3c[nH]c4ccccc34)CC2)cc1. The molecule has 0 saturated carbocycles. The summed E-state index contributed by atoms with van der Waals surface area (Å²) in [6, 6.07) is 14.9. The fourth-order valence-electron chi connectivity index (χ4n) is 3.90. The van der Waals surface area contributed by atoms with Crippen molar-refractivity contribution in [1.82, 2.24) is 14.2 Å². The van der Waals surface area contributed by atoms with Gasteiger partial charge < -0.3 is 9.88 Å². The number of fused-ring (bicyclic) bond motifs is 1. The lowest BCUT2D eigenvalue weighted by molar-refractivity contribution is 0.0700. The highest BCUT2D eigenvalue weighted by molar-refractivity contribution is 7.89. The Balaban J connectivity index is 1.45. The number of aromatic nitrogens is 1. The zero-order valence-corrected chi connectivity index (χ0v) is 18.2. The largest absolute Gasteiger partial charge is 0.360 e. The number of H-pyrrole nitrogens is 1. The molecule has 1 aliphatic rings. The number of rotatable bonds is 5. The fourth-order valence-corrected chi connectivity index (χ4v) is 5.33. The highest BCUT2D eigenvalue weighted by Crippen LogP contribution is 2.24. The van der Waals surface area contributed by atoms with Crippen LogP contribution in [0.5, 0.6) is 0 Å². The Bertz CT molecular complexity index is 1140. The summed E-state index contributed by atoms with van der Waals surface area (Å²) in [6.07, 6.45) is 2.74. The quantitative estimate of drug-likeness (QED) is 0.675. The molecule has 1 saturated heterocycles. The van der Waals surface area contributed by atoms with Crippen LogP contribution in [0.2, 0.25) is 0 Å². The van der Waals surface area contributed by atoms with Gasteiger partial charge in [0.1, 0.15) is 0 Å². The Hall–Kier alpha value is -2.64. The van der Waals surface area contributed by atoms with Gasteiger partial charge in [0.25, 0.3) is 5.91 Å². The third-order valence-corrected chi connectivity index (χ3v) is 7.96. The molecule has 0 radical (unpaired) electrons. The van der Waals surface area contributed by atoms with E-state index in [9.17, 15) is 13.2 Å². The van der Waals surface area contributed by atoms with Crippen molar-refractivity contribution >= 4 is 26.8 Å². The van der Waals surface area contributed by atoms with Gasteiger partial charge in [-0.05, 0) is 36.1 Å². The first-order valence-electron chi connectivity index (χ1n) is 10.4. The Morgan fingerprint density at radius 3 is 2.37 bits per heavy atom. The molecule has 3 aromatic rings. The van der Waals surface area contributed by atoms with E-state index in [0.717, 1.165) is 22.9 Å².